The van der Waals surface area contributed by atoms with Gasteiger partial charge in [0.1, 0.15) is 0 Å². The van der Waals surface area contributed by atoms with Crippen molar-refractivity contribution in [3.05, 3.63) is 333 Å². The zero-order chi connectivity index (χ0) is 54.0. The van der Waals surface area contributed by atoms with Crippen LogP contribution >= 0.6 is 21.2 Å². The zero-order valence-corrected chi connectivity index (χ0v) is 47.0. The highest BCUT2D eigenvalue weighted by Crippen LogP contribution is 2.59. The summed E-state index contributed by atoms with van der Waals surface area (Å²) in [4.78, 5) is 2.29. The molecule has 80 heavy (non-hydrogen) atoms. The van der Waals surface area contributed by atoms with E-state index in [0.29, 0.717) is 5.69 Å². The molecule has 0 bridgehead atoms. The van der Waals surface area contributed by atoms with Gasteiger partial charge < -0.3 is 10.6 Å². The Bertz CT molecular complexity index is 3850. The zero-order valence-electron chi connectivity index (χ0n) is 44.3. The average Bonchev–Trinajstić information content (AvgIpc) is 3.60. The number of benzene rings is 11. The Kier molecular flexibility index (Phi) is 15.4. The summed E-state index contributed by atoms with van der Waals surface area (Å²) >= 11 is 0. The van der Waals surface area contributed by atoms with Crippen LogP contribution < -0.4 is 53.1 Å². The fourth-order valence-corrected chi connectivity index (χ4v) is 21.6. The number of rotatable bonds is 15. The lowest BCUT2D eigenvalue weighted by molar-refractivity contribution is 1.03. The van der Waals surface area contributed by atoms with Crippen molar-refractivity contribution in [2.45, 2.75) is 12.8 Å². The van der Waals surface area contributed by atoms with Crippen molar-refractivity contribution in [1.29, 1.82) is 0 Å². The minimum absolute atomic E-state index is 0.606. The Balaban J connectivity index is 1.07. The minimum Gasteiger partial charge on any atom is -0.399 e. The molecule has 12 rings (SSSR count). The number of nitrogens with zero attached hydrogens (tertiary/aromatic N) is 4. The van der Waals surface area contributed by atoms with E-state index in [-0.39, 0.29) is 0 Å². The summed E-state index contributed by atoms with van der Waals surface area (Å²) in [5.74, 6) is 0. The smallest absolute Gasteiger partial charge is 0.0666 e. The van der Waals surface area contributed by atoms with Gasteiger partial charge in [0, 0.05) is 59.5 Å². The fourth-order valence-electron chi connectivity index (χ4n) is 11.0. The number of hydrogen-bond acceptors (Lipinski definition) is 5. The molecule has 5 nitrogen and oxygen atoms in total. The van der Waals surface area contributed by atoms with Crippen LogP contribution in [0.1, 0.15) is 12.8 Å². The van der Waals surface area contributed by atoms with Crippen LogP contribution in [0.15, 0.2) is 347 Å². The molecule has 0 radical (unpaired) electrons. The first-order chi connectivity index (χ1) is 39.5. The molecule has 11 aromatic carbocycles. The summed E-state index contributed by atoms with van der Waals surface area (Å²) in [6.07, 6.45) is 9.02. The van der Waals surface area contributed by atoms with E-state index < -0.39 is 21.2 Å². The van der Waals surface area contributed by atoms with Crippen LogP contribution in [-0.2, 0) is 0 Å². The van der Waals surface area contributed by atoms with E-state index in [1.54, 1.807) is 0 Å². The van der Waals surface area contributed by atoms with Gasteiger partial charge in [-0.15, -0.1) is 0 Å². The maximum absolute atomic E-state index is 7.11. The molecule has 0 fully saturated rings. The van der Waals surface area contributed by atoms with Gasteiger partial charge in [0.2, 0.25) is 0 Å². The molecule has 11 aromatic rings. The predicted octanol–water partition coefficient (Wildman–Crippen LogP) is 17.1. The lowest BCUT2D eigenvalue weighted by Gasteiger charge is -2.30. The second-order valence-electron chi connectivity index (χ2n) is 19.7. The van der Waals surface area contributed by atoms with Gasteiger partial charge in [-0.3, -0.25) is 14.2 Å². The normalized spacial score (nSPS) is 12.5. The van der Waals surface area contributed by atoms with E-state index in [1.807, 2.05) is 6.07 Å². The average molecular weight is 1090 g/mol. The summed E-state index contributed by atoms with van der Waals surface area (Å²) in [6, 6.07) is 110. The molecule has 0 aliphatic heterocycles. The number of anilines is 4. The van der Waals surface area contributed by atoms with Crippen molar-refractivity contribution in [3.8, 4) is 0 Å². The summed E-state index contributed by atoms with van der Waals surface area (Å²) in [7, 11) is -7.71. The van der Waals surface area contributed by atoms with Crippen LogP contribution in [0.2, 0.25) is 0 Å². The topological polar surface area (TPSA) is 66.3 Å². The van der Waals surface area contributed by atoms with Crippen molar-refractivity contribution < 1.29 is 0 Å². The third-order valence-corrected chi connectivity index (χ3v) is 25.6. The molecule has 2 N–H and O–H groups in total. The monoisotopic (exact) mass is 1090 g/mol. The van der Waals surface area contributed by atoms with Crippen LogP contribution in [0.25, 0.3) is 0 Å². The van der Waals surface area contributed by atoms with E-state index in [4.69, 9.17) is 20.0 Å². The molecule has 0 heterocycles. The Morgan fingerprint density at radius 3 is 0.900 bits per heavy atom. The molecule has 0 amide bonds. The number of hydrogen-bond donors (Lipinski definition) is 1. The Hall–Kier alpha value is -8.81. The van der Waals surface area contributed by atoms with Crippen LogP contribution in [0.4, 0.5) is 39.8 Å². The molecular formula is C72H60N5P3. The molecule has 8 heteroatoms. The molecule has 1 aliphatic rings. The molecular weight excluding hydrogens is 1030 g/mol. The van der Waals surface area contributed by atoms with Gasteiger partial charge in [-0.25, -0.2) is 0 Å². The van der Waals surface area contributed by atoms with Gasteiger partial charge in [-0.2, -0.15) is 0 Å². The predicted molar refractivity (Wildman–Crippen MR) is 348 cm³/mol. The van der Waals surface area contributed by atoms with Gasteiger partial charge in [-0.1, -0.05) is 261 Å². The van der Waals surface area contributed by atoms with E-state index in [1.165, 1.54) is 31.8 Å². The van der Waals surface area contributed by atoms with Crippen molar-refractivity contribution in [3.63, 3.8) is 0 Å². The summed E-state index contributed by atoms with van der Waals surface area (Å²) in [5, 5.41) is 10.7. The van der Waals surface area contributed by atoms with Gasteiger partial charge in [-0.05, 0) is 84.9 Å². The van der Waals surface area contributed by atoms with Gasteiger partial charge >= 0.3 is 0 Å². The molecule has 0 atom stereocenters. The molecule has 388 valence electrons. The second-order valence-corrected chi connectivity index (χ2v) is 28.7. The van der Waals surface area contributed by atoms with Crippen LogP contribution in [0.5, 0.6) is 0 Å². The van der Waals surface area contributed by atoms with Crippen molar-refractivity contribution in [2.24, 2.45) is 14.2 Å². The third kappa shape index (κ3) is 10.4. The number of nitrogen functional groups attached to an aromatic ring is 1. The summed E-state index contributed by atoms with van der Waals surface area (Å²) < 4.78 is 17.7. The standard InChI is InChI=1S/C72H60N5P3/c73-57-54-60(76-80(70-40-22-7-23-41-70,71-42-24-8-25-43-71)72-44-26-9-27-45-72)56-63(55-57)77(61-50-46-58(47-51-61)74-78(64-28-10-1-11-29-64,65-30-12-2-13-31-65)66-32-14-3-15-33-66)62-52-48-59(49-53-62)75-79(67-34-16-4-17-35-67,68-36-18-5-19-37-68)69-38-20-6-21-39-69/h1-5,7-20,22-56H,6,21,73H2. The van der Waals surface area contributed by atoms with Crippen molar-refractivity contribution >= 4 is 103 Å². The molecule has 0 aromatic heterocycles. The van der Waals surface area contributed by atoms with Crippen LogP contribution in [0, 0.1) is 0 Å². The lowest BCUT2D eigenvalue weighted by Crippen LogP contribution is -2.25. The van der Waals surface area contributed by atoms with E-state index >= 15 is 0 Å². The fraction of sp³-hybridized carbons (Fsp3) is 0.0278. The molecule has 0 spiro atoms. The van der Waals surface area contributed by atoms with Crippen molar-refractivity contribution in [2.75, 3.05) is 10.6 Å². The van der Waals surface area contributed by atoms with E-state index in [2.05, 4.69) is 326 Å². The molecule has 0 unspecified atom stereocenters. The van der Waals surface area contributed by atoms with E-state index in [0.717, 1.165) is 62.9 Å². The highest BCUT2D eigenvalue weighted by atomic mass is 31.2. The Morgan fingerprint density at radius 2 is 0.588 bits per heavy atom. The molecule has 1 aliphatic carbocycles. The Labute approximate surface area is 471 Å². The minimum atomic E-state index is -2.66. The van der Waals surface area contributed by atoms with Gasteiger partial charge in [0.25, 0.3) is 0 Å². The maximum atomic E-state index is 7.11. The highest BCUT2D eigenvalue weighted by molar-refractivity contribution is 7.88. The molecule has 0 saturated heterocycles. The van der Waals surface area contributed by atoms with Crippen molar-refractivity contribution in [1.82, 2.24) is 0 Å². The first-order valence-electron chi connectivity index (χ1n) is 27.1. The van der Waals surface area contributed by atoms with Crippen LogP contribution in [0.3, 0.4) is 0 Å². The van der Waals surface area contributed by atoms with Gasteiger partial charge in [0.05, 0.1) is 43.9 Å². The first kappa shape index (κ1) is 51.9. The third-order valence-electron chi connectivity index (χ3n) is 14.6. The number of nitrogens with two attached hydrogens (primary N) is 1. The quantitative estimate of drug-likeness (QED) is 0.0821. The molecule has 0 saturated carbocycles. The second kappa shape index (κ2) is 23.7. The first-order valence-corrected chi connectivity index (χ1v) is 32.4. The summed E-state index contributed by atoms with van der Waals surface area (Å²) in [6.45, 7) is 0. The maximum Gasteiger partial charge on any atom is 0.0666 e. The highest BCUT2D eigenvalue weighted by Gasteiger charge is 2.31. The lowest BCUT2D eigenvalue weighted by atomic mass is 10.1. The Morgan fingerprint density at radius 1 is 0.287 bits per heavy atom. The summed E-state index contributed by atoms with van der Waals surface area (Å²) in [5.41, 5.74) is 13.0. The van der Waals surface area contributed by atoms with Gasteiger partial charge in [0.15, 0.2) is 0 Å². The largest absolute Gasteiger partial charge is 0.399 e. The van der Waals surface area contributed by atoms with Crippen LogP contribution in [-0.4, -0.2) is 0 Å². The number of allylic oxidation sites excluding steroid dienone is 4. The van der Waals surface area contributed by atoms with E-state index in [9.17, 15) is 0 Å². The SMILES string of the molecule is Nc1cc(N=P(c2ccccc2)(c2ccccc2)c2ccccc2)cc(N(c2ccc(N=P(C3=CCCC=C3)(c3ccccc3)c3ccccc3)cc2)c2ccc(N=P(c3ccccc3)(c3ccccc3)c3ccccc3)cc2)c1.